The van der Waals surface area contributed by atoms with Crippen LogP contribution in [0.15, 0.2) is 30.3 Å². The molecule has 0 unspecified atom stereocenters. The van der Waals surface area contributed by atoms with E-state index in [2.05, 4.69) is 37.4 Å². The van der Waals surface area contributed by atoms with Gasteiger partial charge in [-0.1, -0.05) is 24.3 Å². The van der Waals surface area contributed by atoms with E-state index >= 15 is 0 Å². The molecule has 2 aliphatic rings. The average molecular weight is 326 g/mol. The Hall–Kier alpha value is -2.10. The van der Waals surface area contributed by atoms with E-state index < -0.39 is 0 Å². The number of ketones is 1. The van der Waals surface area contributed by atoms with Gasteiger partial charge in [-0.2, -0.15) is 0 Å². The van der Waals surface area contributed by atoms with Gasteiger partial charge >= 0.3 is 0 Å². The van der Waals surface area contributed by atoms with Crippen molar-refractivity contribution in [2.75, 3.05) is 13.1 Å². The Labute approximate surface area is 143 Å². The summed E-state index contributed by atoms with van der Waals surface area (Å²) in [5, 5.41) is 3.52. The molecule has 24 heavy (non-hydrogen) atoms. The molecule has 4 heteroatoms. The van der Waals surface area contributed by atoms with Crippen LogP contribution in [0.25, 0.3) is 5.70 Å². The molecule has 0 saturated carbocycles. The largest absolute Gasteiger partial charge is 0.379 e. The van der Waals surface area contributed by atoms with E-state index in [0.29, 0.717) is 13.1 Å². The van der Waals surface area contributed by atoms with Crippen LogP contribution in [-0.2, 0) is 16.0 Å². The molecule has 1 aromatic carbocycles. The maximum atomic E-state index is 12.7. The van der Waals surface area contributed by atoms with Crippen LogP contribution in [0.2, 0.25) is 0 Å². The molecular weight excluding hydrogens is 300 g/mol. The van der Waals surface area contributed by atoms with E-state index in [1.54, 1.807) is 13.0 Å². The molecule has 4 nitrogen and oxygen atoms in total. The maximum absolute atomic E-state index is 12.7. The Kier molecular flexibility index (Phi) is 4.48. The number of amides is 1. The lowest BCUT2D eigenvalue weighted by Gasteiger charge is -2.36. The number of fused-ring (bicyclic) bond motifs is 1. The van der Waals surface area contributed by atoms with Crippen LogP contribution >= 0.6 is 0 Å². The Balaban J connectivity index is 1.78. The van der Waals surface area contributed by atoms with Crippen molar-refractivity contribution in [3.05, 3.63) is 41.5 Å². The quantitative estimate of drug-likeness (QED) is 0.850. The minimum Gasteiger partial charge on any atom is -0.379 e. The summed E-state index contributed by atoms with van der Waals surface area (Å²) in [5.41, 5.74) is 3.29. The highest BCUT2D eigenvalue weighted by atomic mass is 16.2. The van der Waals surface area contributed by atoms with E-state index in [9.17, 15) is 9.59 Å². The third-order valence-electron chi connectivity index (χ3n) is 5.04. The van der Waals surface area contributed by atoms with Crippen LogP contribution in [0.1, 0.15) is 44.7 Å². The lowest BCUT2D eigenvalue weighted by Crippen LogP contribution is -2.44. The molecule has 2 aliphatic heterocycles. The van der Waals surface area contributed by atoms with Gasteiger partial charge in [0.15, 0.2) is 5.78 Å². The van der Waals surface area contributed by atoms with Crippen molar-refractivity contribution in [3.8, 4) is 0 Å². The van der Waals surface area contributed by atoms with Crippen LogP contribution in [0, 0.1) is 5.92 Å². The van der Waals surface area contributed by atoms with Gasteiger partial charge in [0.05, 0.1) is 0 Å². The molecule has 128 valence electrons. The number of hydrogen-bond acceptors (Lipinski definition) is 3. The monoisotopic (exact) mass is 326 g/mol. The van der Waals surface area contributed by atoms with Crippen molar-refractivity contribution >= 4 is 17.4 Å². The van der Waals surface area contributed by atoms with Gasteiger partial charge in [0.25, 0.3) is 0 Å². The van der Waals surface area contributed by atoms with Gasteiger partial charge in [-0.15, -0.1) is 0 Å². The Morgan fingerprint density at radius 1 is 1.21 bits per heavy atom. The molecule has 1 amide bonds. The fourth-order valence-corrected chi connectivity index (χ4v) is 3.74. The topological polar surface area (TPSA) is 49.4 Å². The third-order valence-corrected chi connectivity index (χ3v) is 5.04. The second-order valence-electron chi connectivity index (χ2n) is 7.58. The first kappa shape index (κ1) is 16.7. The van der Waals surface area contributed by atoms with Gasteiger partial charge in [-0.05, 0) is 38.7 Å². The second kappa shape index (κ2) is 6.42. The Morgan fingerprint density at radius 3 is 2.54 bits per heavy atom. The van der Waals surface area contributed by atoms with Crippen molar-refractivity contribution in [3.63, 3.8) is 0 Å². The number of hydrogen-bond donors (Lipinski definition) is 1. The van der Waals surface area contributed by atoms with E-state index in [1.165, 1.54) is 5.56 Å². The SMILES string of the molecule is CC(=O)N1CCC(C(=O)C=C2NC(C)(C)Cc3ccccc32)CC1. The maximum Gasteiger partial charge on any atom is 0.219 e. The van der Waals surface area contributed by atoms with E-state index in [-0.39, 0.29) is 23.1 Å². The minimum absolute atomic E-state index is 0.0205. The first-order valence-corrected chi connectivity index (χ1v) is 8.73. The van der Waals surface area contributed by atoms with Crippen molar-refractivity contribution in [1.29, 1.82) is 0 Å². The fourth-order valence-electron chi connectivity index (χ4n) is 3.74. The molecule has 0 radical (unpaired) electrons. The Bertz CT molecular complexity index is 683. The summed E-state index contributed by atoms with van der Waals surface area (Å²) in [5.74, 6) is 0.296. The molecule has 1 saturated heterocycles. The van der Waals surface area contributed by atoms with Crippen LogP contribution in [0.4, 0.5) is 0 Å². The van der Waals surface area contributed by atoms with Gasteiger partial charge in [-0.3, -0.25) is 9.59 Å². The molecule has 0 atom stereocenters. The summed E-state index contributed by atoms with van der Waals surface area (Å²) >= 11 is 0. The number of carbonyl (C=O) groups excluding carboxylic acids is 2. The molecular formula is C20H26N2O2. The number of nitrogens with zero attached hydrogens (tertiary/aromatic N) is 1. The summed E-state index contributed by atoms with van der Waals surface area (Å²) in [6.07, 6.45) is 4.25. The molecule has 0 aliphatic carbocycles. The molecule has 2 heterocycles. The van der Waals surface area contributed by atoms with Crippen LogP contribution in [-0.4, -0.2) is 35.2 Å². The first-order chi connectivity index (χ1) is 11.4. The van der Waals surface area contributed by atoms with Crippen molar-refractivity contribution in [1.82, 2.24) is 10.2 Å². The molecule has 3 rings (SSSR count). The lowest BCUT2D eigenvalue weighted by molar-refractivity contribution is -0.132. The average Bonchev–Trinajstić information content (AvgIpc) is 2.53. The standard InChI is InChI=1S/C20H26N2O2/c1-14(23)22-10-8-15(9-11-22)19(24)12-18-17-7-5-4-6-16(17)13-20(2,3)21-18/h4-7,12,15,21H,8-11,13H2,1-3H3. The normalized spacial score (nSPS) is 22.0. The number of carbonyl (C=O) groups is 2. The molecule has 1 fully saturated rings. The van der Waals surface area contributed by atoms with Crippen LogP contribution < -0.4 is 5.32 Å². The molecule has 0 spiro atoms. The number of benzene rings is 1. The number of allylic oxidation sites excluding steroid dienone is 1. The predicted octanol–water partition coefficient (Wildman–Crippen LogP) is 2.78. The van der Waals surface area contributed by atoms with Gasteiger partial charge in [0.1, 0.15) is 0 Å². The Morgan fingerprint density at radius 2 is 1.88 bits per heavy atom. The zero-order chi connectivity index (χ0) is 17.3. The molecule has 0 bridgehead atoms. The summed E-state index contributed by atoms with van der Waals surface area (Å²) in [6.45, 7) is 7.28. The number of rotatable bonds is 2. The zero-order valence-corrected chi connectivity index (χ0v) is 14.8. The van der Waals surface area contributed by atoms with Gasteiger partial charge in [-0.25, -0.2) is 0 Å². The smallest absolute Gasteiger partial charge is 0.219 e. The molecule has 0 aromatic heterocycles. The first-order valence-electron chi connectivity index (χ1n) is 8.73. The highest BCUT2D eigenvalue weighted by Gasteiger charge is 2.29. The van der Waals surface area contributed by atoms with Gasteiger partial charge < -0.3 is 10.2 Å². The van der Waals surface area contributed by atoms with Gasteiger partial charge in [0.2, 0.25) is 5.91 Å². The summed E-state index contributed by atoms with van der Waals surface area (Å²) in [6, 6.07) is 8.29. The highest BCUT2D eigenvalue weighted by molar-refractivity contribution is 5.98. The van der Waals surface area contributed by atoms with Crippen molar-refractivity contribution < 1.29 is 9.59 Å². The highest BCUT2D eigenvalue weighted by Crippen LogP contribution is 2.30. The van der Waals surface area contributed by atoms with Gasteiger partial charge in [0, 0.05) is 48.8 Å². The van der Waals surface area contributed by atoms with Crippen LogP contribution in [0.5, 0.6) is 0 Å². The number of nitrogens with one attached hydrogen (secondary N) is 1. The second-order valence-corrected chi connectivity index (χ2v) is 7.58. The predicted molar refractivity (Wildman–Crippen MR) is 95.3 cm³/mol. The number of likely N-dealkylation sites (tertiary alicyclic amines) is 1. The summed E-state index contributed by atoms with van der Waals surface area (Å²) in [4.78, 5) is 26.0. The third kappa shape index (κ3) is 3.53. The summed E-state index contributed by atoms with van der Waals surface area (Å²) in [7, 11) is 0. The zero-order valence-electron chi connectivity index (χ0n) is 14.8. The van der Waals surface area contributed by atoms with Crippen molar-refractivity contribution in [2.45, 2.75) is 45.6 Å². The fraction of sp³-hybridized carbons (Fsp3) is 0.500. The number of piperidine rings is 1. The van der Waals surface area contributed by atoms with Crippen LogP contribution in [0.3, 0.4) is 0 Å². The molecule has 1 aromatic rings. The minimum atomic E-state index is -0.0571. The van der Waals surface area contributed by atoms with E-state index in [0.717, 1.165) is 30.5 Å². The summed E-state index contributed by atoms with van der Waals surface area (Å²) < 4.78 is 0. The van der Waals surface area contributed by atoms with E-state index in [4.69, 9.17) is 0 Å². The van der Waals surface area contributed by atoms with E-state index in [1.807, 2.05) is 11.0 Å². The van der Waals surface area contributed by atoms with Crippen molar-refractivity contribution in [2.24, 2.45) is 5.92 Å². The molecule has 1 N–H and O–H groups in total. The lowest BCUT2D eigenvalue weighted by atomic mass is 9.84.